The number of nitrogens with zero attached hydrogens (tertiary/aromatic N) is 3. The van der Waals surface area contributed by atoms with Gasteiger partial charge in [0.2, 0.25) is 0 Å². The Morgan fingerprint density at radius 3 is 2.46 bits per heavy atom. The quantitative estimate of drug-likeness (QED) is 0.468. The lowest BCUT2D eigenvalue weighted by atomic mass is 10.0. The van der Waals surface area contributed by atoms with E-state index >= 15 is 0 Å². The zero-order chi connectivity index (χ0) is 18.9. The van der Waals surface area contributed by atoms with Crippen molar-refractivity contribution in [2.75, 3.05) is 0 Å². The lowest BCUT2D eigenvalue weighted by Gasteiger charge is -2.08. The van der Waals surface area contributed by atoms with Crippen LogP contribution in [0.4, 0.5) is 0 Å². The van der Waals surface area contributed by atoms with Crippen LogP contribution in [-0.2, 0) is 6.54 Å². The monoisotopic (exact) mass is 363 g/mol. The van der Waals surface area contributed by atoms with Crippen LogP contribution in [0.2, 0.25) is 0 Å². The first-order valence-electron chi connectivity index (χ1n) is 9.15. The van der Waals surface area contributed by atoms with Gasteiger partial charge in [0.05, 0.1) is 30.0 Å². The molecule has 5 aromatic rings. The van der Waals surface area contributed by atoms with Crippen molar-refractivity contribution in [3.8, 4) is 11.1 Å². The number of fused-ring (bicyclic) bond motifs is 2. The number of aromatic nitrogens is 3. The third kappa shape index (κ3) is 2.95. The minimum atomic E-state index is -0.0500. The number of hydrogen-bond donors (Lipinski definition) is 0. The van der Waals surface area contributed by atoms with Crippen molar-refractivity contribution in [3.63, 3.8) is 0 Å². The van der Waals surface area contributed by atoms with Crippen molar-refractivity contribution in [1.29, 1.82) is 0 Å². The summed E-state index contributed by atoms with van der Waals surface area (Å²) in [5.74, 6) is 0. The molecule has 0 aliphatic rings. The molecule has 0 N–H and O–H groups in total. The molecule has 2 aromatic heterocycles. The summed E-state index contributed by atoms with van der Waals surface area (Å²) in [6.07, 6.45) is 4.82. The predicted octanol–water partition coefficient (Wildman–Crippen LogP) is 4.66. The van der Waals surface area contributed by atoms with E-state index in [0.717, 1.165) is 11.1 Å². The van der Waals surface area contributed by atoms with Gasteiger partial charge in [-0.15, -0.1) is 0 Å². The first kappa shape index (κ1) is 16.4. The summed E-state index contributed by atoms with van der Waals surface area (Å²) in [6.45, 7) is 0.488. The van der Waals surface area contributed by atoms with E-state index in [1.807, 2.05) is 0 Å². The Kier molecular flexibility index (Phi) is 3.95. The Bertz CT molecular complexity index is 1350. The highest BCUT2D eigenvalue weighted by atomic mass is 16.1. The molecule has 0 saturated heterocycles. The van der Waals surface area contributed by atoms with Gasteiger partial charge >= 0.3 is 0 Å². The van der Waals surface area contributed by atoms with Crippen LogP contribution in [-0.4, -0.2) is 14.5 Å². The summed E-state index contributed by atoms with van der Waals surface area (Å²) >= 11 is 0. The molecule has 0 amide bonds. The van der Waals surface area contributed by atoms with E-state index in [0.29, 0.717) is 17.4 Å². The molecular formula is C24H17N3O. The molecule has 0 aliphatic carbocycles. The fourth-order valence-corrected chi connectivity index (χ4v) is 3.49. The van der Waals surface area contributed by atoms with Crippen molar-refractivity contribution < 1.29 is 0 Å². The van der Waals surface area contributed by atoms with Gasteiger partial charge in [-0.3, -0.25) is 14.3 Å². The third-order valence-electron chi connectivity index (χ3n) is 5.02. The van der Waals surface area contributed by atoms with Crippen molar-refractivity contribution in [2.24, 2.45) is 0 Å². The standard InChI is InChI=1S/C24H17N3O/c28-24-22-11-12-25-14-23(22)26-16-27(24)15-17-5-7-19(8-6-17)21-10-9-18-3-1-2-4-20(18)13-21/h1-14,16H,15H2. The number of rotatable bonds is 3. The van der Waals surface area contributed by atoms with Gasteiger partial charge in [-0.25, -0.2) is 4.98 Å². The molecule has 28 heavy (non-hydrogen) atoms. The van der Waals surface area contributed by atoms with Gasteiger partial charge in [0, 0.05) is 6.20 Å². The smallest absolute Gasteiger partial charge is 0.261 e. The van der Waals surface area contributed by atoms with Crippen LogP contribution in [0, 0.1) is 0 Å². The summed E-state index contributed by atoms with van der Waals surface area (Å²) in [5, 5.41) is 3.05. The average Bonchev–Trinajstić information content (AvgIpc) is 2.76. The molecule has 0 spiro atoms. The third-order valence-corrected chi connectivity index (χ3v) is 5.02. The molecule has 4 nitrogen and oxygen atoms in total. The van der Waals surface area contributed by atoms with Crippen LogP contribution in [0.25, 0.3) is 32.8 Å². The molecule has 134 valence electrons. The Labute approximate surface area is 161 Å². The van der Waals surface area contributed by atoms with E-state index < -0.39 is 0 Å². The molecule has 5 rings (SSSR count). The summed E-state index contributed by atoms with van der Waals surface area (Å²) in [6, 6.07) is 24.9. The van der Waals surface area contributed by atoms with Crippen LogP contribution < -0.4 is 5.56 Å². The molecule has 0 aliphatic heterocycles. The van der Waals surface area contributed by atoms with Gasteiger partial charge in [0.25, 0.3) is 5.56 Å². The Hall–Kier alpha value is -3.79. The highest BCUT2D eigenvalue weighted by Gasteiger charge is 2.05. The minimum Gasteiger partial charge on any atom is -0.294 e. The highest BCUT2D eigenvalue weighted by Crippen LogP contribution is 2.24. The van der Waals surface area contributed by atoms with Crippen LogP contribution in [0.3, 0.4) is 0 Å². The lowest BCUT2D eigenvalue weighted by molar-refractivity contribution is 0.748. The molecule has 3 aromatic carbocycles. The first-order chi connectivity index (χ1) is 13.8. The predicted molar refractivity (Wildman–Crippen MR) is 112 cm³/mol. The zero-order valence-corrected chi connectivity index (χ0v) is 15.1. The molecule has 2 heterocycles. The van der Waals surface area contributed by atoms with Crippen LogP contribution in [0.5, 0.6) is 0 Å². The highest BCUT2D eigenvalue weighted by molar-refractivity contribution is 5.87. The van der Waals surface area contributed by atoms with E-state index in [1.54, 1.807) is 29.4 Å². The molecule has 0 saturated carbocycles. The van der Waals surface area contributed by atoms with E-state index in [1.165, 1.54) is 16.3 Å². The fourth-order valence-electron chi connectivity index (χ4n) is 3.49. The minimum absolute atomic E-state index is 0.0500. The number of pyridine rings is 1. The molecule has 0 unspecified atom stereocenters. The molecule has 0 bridgehead atoms. The van der Waals surface area contributed by atoms with Crippen LogP contribution in [0.1, 0.15) is 5.56 Å². The van der Waals surface area contributed by atoms with Gasteiger partial charge in [-0.1, -0.05) is 60.7 Å². The number of hydrogen-bond acceptors (Lipinski definition) is 3. The summed E-state index contributed by atoms with van der Waals surface area (Å²) in [5.41, 5.74) is 3.97. The fraction of sp³-hybridized carbons (Fsp3) is 0.0417. The zero-order valence-electron chi connectivity index (χ0n) is 15.1. The largest absolute Gasteiger partial charge is 0.294 e. The summed E-state index contributed by atoms with van der Waals surface area (Å²) in [4.78, 5) is 21.0. The molecule has 0 radical (unpaired) electrons. The number of benzene rings is 3. The van der Waals surface area contributed by atoms with Gasteiger partial charge in [0.15, 0.2) is 0 Å². The van der Waals surface area contributed by atoms with Crippen molar-refractivity contribution in [2.45, 2.75) is 6.54 Å². The van der Waals surface area contributed by atoms with Crippen molar-refractivity contribution in [3.05, 3.63) is 107 Å². The van der Waals surface area contributed by atoms with Crippen LogP contribution >= 0.6 is 0 Å². The molecule has 4 heteroatoms. The molecule has 0 fully saturated rings. The van der Waals surface area contributed by atoms with E-state index in [9.17, 15) is 4.79 Å². The summed E-state index contributed by atoms with van der Waals surface area (Å²) in [7, 11) is 0. The van der Waals surface area contributed by atoms with E-state index in [-0.39, 0.29) is 5.56 Å². The Morgan fingerprint density at radius 2 is 1.61 bits per heavy atom. The normalized spacial score (nSPS) is 11.1. The molecule has 0 atom stereocenters. The van der Waals surface area contributed by atoms with E-state index in [2.05, 4.69) is 76.7 Å². The van der Waals surface area contributed by atoms with Gasteiger partial charge in [0.1, 0.15) is 0 Å². The molecular weight excluding hydrogens is 346 g/mol. The maximum absolute atomic E-state index is 12.6. The second kappa shape index (κ2) is 6.74. The average molecular weight is 363 g/mol. The second-order valence-electron chi connectivity index (χ2n) is 6.83. The van der Waals surface area contributed by atoms with Crippen molar-refractivity contribution >= 4 is 21.7 Å². The topological polar surface area (TPSA) is 47.8 Å². The van der Waals surface area contributed by atoms with Gasteiger partial charge in [-0.2, -0.15) is 0 Å². The van der Waals surface area contributed by atoms with Crippen molar-refractivity contribution in [1.82, 2.24) is 14.5 Å². The maximum Gasteiger partial charge on any atom is 0.261 e. The van der Waals surface area contributed by atoms with E-state index in [4.69, 9.17) is 0 Å². The SMILES string of the molecule is O=c1c2ccncc2ncn1Cc1ccc(-c2ccc3ccccc3c2)cc1. The second-order valence-corrected chi connectivity index (χ2v) is 6.83. The lowest BCUT2D eigenvalue weighted by Crippen LogP contribution is -2.21. The summed E-state index contributed by atoms with van der Waals surface area (Å²) < 4.78 is 1.63. The van der Waals surface area contributed by atoms with Gasteiger partial charge in [-0.05, 0) is 39.6 Å². The first-order valence-corrected chi connectivity index (χ1v) is 9.15. The Balaban J connectivity index is 1.45. The Morgan fingerprint density at radius 1 is 0.821 bits per heavy atom. The van der Waals surface area contributed by atoms with Crippen LogP contribution in [0.15, 0.2) is 96.3 Å². The maximum atomic E-state index is 12.6. The van der Waals surface area contributed by atoms with Gasteiger partial charge < -0.3 is 0 Å².